The van der Waals surface area contributed by atoms with Gasteiger partial charge in [-0.25, -0.2) is 8.78 Å². The number of ketones is 1. The molecule has 0 aromatic heterocycles. The summed E-state index contributed by atoms with van der Waals surface area (Å²) in [5, 5.41) is 10.4. The number of carbonyl (C=O) groups excluding carboxylic acids is 2. The molecule has 3 nitrogen and oxygen atoms in total. The molecule has 1 aromatic rings. The van der Waals surface area contributed by atoms with Crippen LogP contribution in [0.15, 0.2) is 18.2 Å². The van der Waals surface area contributed by atoms with E-state index in [1.807, 2.05) is 0 Å². The van der Waals surface area contributed by atoms with Gasteiger partial charge in [-0.1, -0.05) is 6.92 Å². The van der Waals surface area contributed by atoms with Gasteiger partial charge in [0.15, 0.2) is 17.4 Å². The predicted octanol–water partition coefficient (Wildman–Crippen LogP) is 0.924. The molecule has 1 aromatic carbocycles. The van der Waals surface area contributed by atoms with Gasteiger partial charge >= 0.3 is 0 Å². The minimum absolute atomic E-state index is 0.0491. The maximum atomic E-state index is 12.8. The van der Waals surface area contributed by atoms with Crippen LogP contribution in [0.2, 0.25) is 0 Å². The van der Waals surface area contributed by atoms with Crippen LogP contribution in [-0.4, -0.2) is 11.8 Å². The fourth-order valence-corrected chi connectivity index (χ4v) is 1.15. The Hall–Kier alpha value is -1.78. The van der Waals surface area contributed by atoms with E-state index in [-0.39, 0.29) is 12.0 Å². The van der Waals surface area contributed by atoms with Gasteiger partial charge < -0.3 is 9.90 Å². The summed E-state index contributed by atoms with van der Waals surface area (Å²) >= 11 is 0. The van der Waals surface area contributed by atoms with E-state index in [1.54, 1.807) is 0 Å². The number of carbonyl (C=O) groups is 2. The van der Waals surface area contributed by atoms with Crippen molar-refractivity contribution in [1.82, 2.24) is 0 Å². The van der Waals surface area contributed by atoms with Crippen LogP contribution in [0.5, 0.6) is 0 Å². The van der Waals surface area contributed by atoms with E-state index in [0.29, 0.717) is 0 Å². The molecule has 0 radical (unpaired) electrons. The fraction of sp³-hybridized carbons (Fsp3) is 0.273. The van der Waals surface area contributed by atoms with E-state index >= 15 is 0 Å². The van der Waals surface area contributed by atoms with Gasteiger partial charge in [-0.3, -0.25) is 4.79 Å². The average molecular weight is 227 g/mol. The molecule has 86 valence electrons. The van der Waals surface area contributed by atoms with Crippen LogP contribution in [0, 0.1) is 17.6 Å². The van der Waals surface area contributed by atoms with Crippen LogP contribution >= 0.6 is 0 Å². The van der Waals surface area contributed by atoms with Crippen LogP contribution in [0.25, 0.3) is 0 Å². The largest absolute Gasteiger partial charge is 0.550 e. The lowest BCUT2D eigenvalue weighted by Crippen LogP contribution is -2.30. The number of rotatable bonds is 4. The number of benzene rings is 1. The topological polar surface area (TPSA) is 57.2 Å². The van der Waals surface area contributed by atoms with Gasteiger partial charge in [0, 0.05) is 23.9 Å². The fourth-order valence-electron chi connectivity index (χ4n) is 1.15. The summed E-state index contributed by atoms with van der Waals surface area (Å²) in [6.07, 6.45) is -0.298. The summed E-state index contributed by atoms with van der Waals surface area (Å²) in [5.41, 5.74) is -0.0491. The number of hydrogen-bond acceptors (Lipinski definition) is 3. The first kappa shape index (κ1) is 12.3. The lowest BCUT2D eigenvalue weighted by Gasteiger charge is -2.11. The second-order valence-corrected chi connectivity index (χ2v) is 3.48. The van der Waals surface area contributed by atoms with Crippen molar-refractivity contribution < 1.29 is 23.5 Å². The van der Waals surface area contributed by atoms with Crippen LogP contribution in [0.1, 0.15) is 23.7 Å². The molecular weight excluding hydrogens is 218 g/mol. The number of halogens is 2. The maximum Gasteiger partial charge on any atom is 0.163 e. The molecule has 0 aliphatic carbocycles. The zero-order valence-corrected chi connectivity index (χ0v) is 8.50. The summed E-state index contributed by atoms with van der Waals surface area (Å²) in [6, 6.07) is 2.69. The van der Waals surface area contributed by atoms with Gasteiger partial charge in [-0.2, -0.15) is 0 Å². The molecule has 0 spiro atoms. The van der Waals surface area contributed by atoms with Crippen molar-refractivity contribution in [2.75, 3.05) is 0 Å². The summed E-state index contributed by atoms with van der Waals surface area (Å²) < 4.78 is 25.3. The molecule has 0 aliphatic heterocycles. The second-order valence-electron chi connectivity index (χ2n) is 3.48. The maximum absolute atomic E-state index is 12.8. The van der Waals surface area contributed by atoms with Gasteiger partial charge in [0.25, 0.3) is 0 Å². The van der Waals surface area contributed by atoms with Crippen molar-refractivity contribution >= 4 is 11.8 Å². The standard InChI is InChI=1S/C11H10F2O3/c1-6(11(15)16)4-10(14)7-2-3-8(12)9(13)5-7/h2-3,5-6H,4H2,1H3,(H,15,16)/p-1/t6-/m0/s1. The van der Waals surface area contributed by atoms with Crippen LogP contribution < -0.4 is 5.11 Å². The molecule has 1 atom stereocenters. The Morgan fingerprint density at radius 2 is 1.94 bits per heavy atom. The summed E-state index contributed by atoms with van der Waals surface area (Å²) in [6.45, 7) is 1.31. The predicted molar refractivity (Wildman–Crippen MR) is 49.5 cm³/mol. The minimum Gasteiger partial charge on any atom is -0.550 e. The third kappa shape index (κ3) is 2.85. The first-order valence-electron chi connectivity index (χ1n) is 4.61. The van der Waals surface area contributed by atoms with E-state index in [4.69, 9.17) is 0 Å². The molecule has 0 saturated carbocycles. The summed E-state index contributed by atoms with van der Waals surface area (Å²) in [7, 11) is 0. The monoisotopic (exact) mass is 227 g/mol. The van der Waals surface area contributed by atoms with E-state index in [2.05, 4.69) is 0 Å². The van der Waals surface area contributed by atoms with Gasteiger partial charge in [0.2, 0.25) is 0 Å². The highest BCUT2D eigenvalue weighted by Gasteiger charge is 2.13. The highest BCUT2D eigenvalue weighted by Crippen LogP contribution is 2.13. The molecule has 0 heterocycles. The second kappa shape index (κ2) is 4.83. The Labute approximate surface area is 90.7 Å². The Morgan fingerprint density at radius 3 is 2.44 bits per heavy atom. The average Bonchev–Trinajstić information content (AvgIpc) is 2.21. The Balaban J connectivity index is 2.81. The smallest absolute Gasteiger partial charge is 0.163 e. The molecule has 0 bridgehead atoms. The molecule has 16 heavy (non-hydrogen) atoms. The van der Waals surface area contributed by atoms with Crippen LogP contribution in [0.4, 0.5) is 8.78 Å². The normalized spacial score (nSPS) is 12.2. The number of aliphatic carboxylic acids is 1. The molecule has 0 fully saturated rings. The van der Waals surface area contributed by atoms with Gasteiger partial charge in [-0.15, -0.1) is 0 Å². The quantitative estimate of drug-likeness (QED) is 0.719. The minimum atomic E-state index is -1.35. The SMILES string of the molecule is C[C@@H](CC(=O)c1ccc(F)c(F)c1)C(=O)[O-]. The van der Waals surface area contributed by atoms with Crippen LogP contribution in [0.3, 0.4) is 0 Å². The Morgan fingerprint density at radius 1 is 1.31 bits per heavy atom. The zero-order valence-electron chi connectivity index (χ0n) is 8.50. The number of carboxylic acids is 1. The molecule has 5 heteroatoms. The summed E-state index contributed by atoms with van der Waals surface area (Å²) in [5.74, 6) is -5.05. The van der Waals surface area contributed by atoms with E-state index < -0.39 is 29.3 Å². The highest BCUT2D eigenvalue weighted by atomic mass is 19.2. The molecule has 0 saturated heterocycles. The molecule has 0 unspecified atom stereocenters. The number of hydrogen-bond donors (Lipinski definition) is 0. The molecular formula is C11H9F2O3-. The van der Waals surface area contributed by atoms with E-state index in [1.165, 1.54) is 6.92 Å². The van der Waals surface area contributed by atoms with Gasteiger partial charge in [-0.05, 0) is 18.2 Å². The van der Waals surface area contributed by atoms with Crippen molar-refractivity contribution in [3.8, 4) is 0 Å². The first-order valence-corrected chi connectivity index (χ1v) is 4.61. The van der Waals surface area contributed by atoms with Crippen molar-refractivity contribution in [3.05, 3.63) is 35.4 Å². The molecule has 0 aliphatic rings. The van der Waals surface area contributed by atoms with Crippen molar-refractivity contribution in [1.29, 1.82) is 0 Å². The third-order valence-electron chi connectivity index (χ3n) is 2.14. The van der Waals surface area contributed by atoms with Gasteiger partial charge in [0.1, 0.15) is 0 Å². The lowest BCUT2D eigenvalue weighted by atomic mass is 10.00. The molecule has 0 N–H and O–H groups in total. The van der Waals surface area contributed by atoms with E-state index in [0.717, 1.165) is 18.2 Å². The summed E-state index contributed by atoms with van der Waals surface area (Å²) in [4.78, 5) is 21.8. The third-order valence-corrected chi connectivity index (χ3v) is 2.14. The first-order chi connectivity index (χ1) is 7.41. The van der Waals surface area contributed by atoms with E-state index in [9.17, 15) is 23.5 Å². The van der Waals surface area contributed by atoms with Crippen molar-refractivity contribution in [2.24, 2.45) is 5.92 Å². The Kier molecular flexibility index (Phi) is 3.71. The van der Waals surface area contributed by atoms with Gasteiger partial charge in [0.05, 0.1) is 0 Å². The highest BCUT2D eigenvalue weighted by molar-refractivity contribution is 5.97. The van der Waals surface area contributed by atoms with Crippen molar-refractivity contribution in [3.63, 3.8) is 0 Å². The molecule has 1 rings (SSSR count). The number of Topliss-reactive ketones (excluding diaryl/α,β-unsaturated/α-hetero) is 1. The lowest BCUT2D eigenvalue weighted by molar-refractivity contribution is -0.310. The van der Waals surface area contributed by atoms with Crippen LogP contribution in [-0.2, 0) is 4.79 Å². The molecule has 0 amide bonds. The van der Waals surface area contributed by atoms with Crippen molar-refractivity contribution in [2.45, 2.75) is 13.3 Å². The Bertz CT molecular complexity index is 429. The zero-order chi connectivity index (χ0) is 12.3. The number of carboxylic acid groups (broad SMARTS) is 1.